The summed E-state index contributed by atoms with van der Waals surface area (Å²) < 4.78 is 51.6. The highest BCUT2D eigenvalue weighted by Gasteiger charge is 2.56. The van der Waals surface area contributed by atoms with Gasteiger partial charge in [-0.25, -0.2) is 4.90 Å². The van der Waals surface area contributed by atoms with Gasteiger partial charge < -0.3 is 19.8 Å². The van der Waals surface area contributed by atoms with E-state index in [2.05, 4.69) is 10.3 Å². The van der Waals surface area contributed by atoms with Gasteiger partial charge in [-0.1, -0.05) is 47.4 Å². The number of thiazole rings is 1. The number of ether oxygens (including phenoxy) is 2. The molecule has 4 aromatic rings. The molecule has 9 nitrogen and oxygen atoms in total. The van der Waals surface area contributed by atoms with E-state index in [1.165, 1.54) is 13.2 Å². The first kappa shape index (κ1) is 30.5. The summed E-state index contributed by atoms with van der Waals surface area (Å²) in [4.78, 5) is 56.1. The number of H-pyrrole nitrogens is 1. The molecule has 0 bridgehead atoms. The van der Waals surface area contributed by atoms with Crippen molar-refractivity contribution in [2.45, 2.75) is 29.3 Å². The van der Waals surface area contributed by atoms with Gasteiger partial charge in [-0.3, -0.25) is 19.2 Å². The third-order valence-electron chi connectivity index (χ3n) is 7.46. The first-order chi connectivity index (χ1) is 21.4. The second kappa shape index (κ2) is 11.7. The first-order valence-electron chi connectivity index (χ1n) is 13.6. The molecule has 0 radical (unpaired) electrons. The van der Waals surface area contributed by atoms with Crippen molar-refractivity contribution in [2.24, 2.45) is 5.92 Å². The Balaban J connectivity index is 1.31. The number of thioether (sulfide) groups is 1. The number of methoxy groups -OCH3 is 1. The summed E-state index contributed by atoms with van der Waals surface area (Å²) in [6, 6.07) is 16.2. The fraction of sp³-hybridized carbons (Fsp3) is 0.226. The SMILES string of the molecule is COc1cc([C@H]2c3sc(=O)[nH]c3SC3C(=O)N(c4cccc(C(F)(F)F)c4)C(=O)C32)ccc1OCC(=O)Nc1cccc(C)c1. The molecule has 2 aliphatic rings. The summed E-state index contributed by atoms with van der Waals surface area (Å²) in [6.07, 6.45) is -4.67. The van der Waals surface area contributed by atoms with E-state index >= 15 is 0 Å². The number of benzene rings is 3. The Morgan fingerprint density at radius 3 is 2.51 bits per heavy atom. The Morgan fingerprint density at radius 1 is 1.00 bits per heavy atom. The average molecular weight is 656 g/mol. The monoisotopic (exact) mass is 655 g/mol. The normalized spacial score (nSPS) is 19.2. The third-order valence-corrected chi connectivity index (χ3v) is 9.86. The Kier molecular flexibility index (Phi) is 7.95. The molecular weight excluding hydrogens is 631 g/mol. The molecule has 3 amide bonds. The van der Waals surface area contributed by atoms with Crippen molar-refractivity contribution < 1.29 is 37.0 Å². The molecule has 1 aromatic heterocycles. The van der Waals surface area contributed by atoms with Gasteiger partial charge in [0.05, 0.1) is 29.3 Å². The van der Waals surface area contributed by atoms with Crippen LogP contribution < -0.4 is 24.6 Å². The van der Waals surface area contributed by atoms with Crippen LogP contribution in [0.3, 0.4) is 0 Å². The van der Waals surface area contributed by atoms with Gasteiger partial charge in [0.15, 0.2) is 18.1 Å². The molecule has 3 aromatic carbocycles. The fourth-order valence-corrected chi connectivity index (χ4v) is 8.03. The lowest BCUT2D eigenvalue weighted by atomic mass is 9.83. The number of hydrogen-bond donors (Lipinski definition) is 2. The quantitative estimate of drug-likeness (QED) is 0.250. The van der Waals surface area contributed by atoms with Gasteiger partial charge in [0, 0.05) is 16.5 Å². The molecule has 2 N–H and O–H groups in total. The highest BCUT2D eigenvalue weighted by Crippen LogP contribution is 2.54. The number of aromatic nitrogens is 1. The maximum absolute atomic E-state index is 13.9. The van der Waals surface area contributed by atoms with E-state index in [4.69, 9.17) is 9.47 Å². The molecular formula is C31H24F3N3O6S2. The number of fused-ring (bicyclic) bond motifs is 2. The number of imide groups is 1. The number of rotatable bonds is 7. The number of aromatic amines is 1. The number of nitrogens with one attached hydrogen (secondary N) is 2. The van der Waals surface area contributed by atoms with Crippen LogP contribution in [0.4, 0.5) is 24.5 Å². The predicted molar refractivity (Wildman–Crippen MR) is 162 cm³/mol. The number of carbonyl (C=O) groups is 3. The van der Waals surface area contributed by atoms with Crippen LogP contribution in [0.15, 0.2) is 76.6 Å². The zero-order valence-corrected chi connectivity index (χ0v) is 25.3. The summed E-state index contributed by atoms with van der Waals surface area (Å²) in [5.74, 6) is -3.09. The van der Waals surface area contributed by atoms with Gasteiger partial charge >= 0.3 is 11.0 Å². The van der Waals surface area contributed by atoms with E-state index in [1.54, 1.807) is 24.3 Å². The summed E-state index contributed by atoms with van der Waals surface area (Å²) in [7, 11) is 1.40. The number of aryl methyl sites for hydroxylation is 1. The summed E-state index contributed by atoms with van der Waals surface area (Å²) in [5.41, 5.74) is 0.936. The van der Waals surface area contributed by atoms with E-state index < -0.39 is 46.5 Å². The number of alkyl halides is 3. The third kappa shape index (κ3) is 5.82. The van der Waals surface area contributed by atoms with Crippen molar-refractivity contribution in [1.82, 2.24) is 4.98 Å². The van der Waals surface area contributed by atoms with Gasteiger partial charge in [-0.15, -0.1) is 0 Å². The molecule has 2 aliphatic heterocycles. The second-order valence-electron chi connectivity index (χ2n) is 10.4. The van der Waals surface area contributed by atoms with Crippen LogP contribution in [0.5, 0.6) is 11.5 Å². The Hall–Kier alpha value is -4.56. The number of halogens is 3. The molecule has 3 atom stereocenters. The maximum Gasteiger partial charge on any atom is 0.416 e. The van der Waals surface area contributed by atoms with Crippen molar-refractivity contribution >= 4 is 52.2 Å². The van der Waals surface area contributed by atoms with Crippen LogP contribution in [0.2, 0.25) is 0 Å². The van der Waals surface area contributed by atoms with Gasteiger partial charge in [0.1, 0.15) is 5.25 Å². The lowest BCUT2D eigenvalue weighted by molar-refractivity contribution is -0.137. The molecule has 1 saturated heterocycles. The van der Waals surface area contributed by atoms with Gasteiger partial charge in [0.25, 0.3) is 5.91 Å². The van der Waals surface area contributed by atoms with E-state index in [-0.39, 0.29) is 28.7 Å². The number of hydrogen-bond acceptors (Lipinski definition) is 8. The van der Waals surface area contributed by atoms with E-state index in [9.17, 15) is 32.3 Å². The summed E-state index contributed by atoms with van der Waals surface area (Å²) >= 11 is 1.91. The Labute approximate surface area is 262 Å². The van der Waals surface area contributed by atoms with Crippen LogP contribution in [-0.2, 0) is 20.6 Å². The van der Waals surface area contributed by atoms with Crippen molar-refractivity contribution in [3.05, 3.63) is 98.0 Å². The van der Waals surface area contributed by atoms with E-state index in [1.807, 2.05) is 25.1 Å². The summed E-state index contributed by atoms with van der Waals surface area (Å²) in [5, 5.41) is 2.17. The van der Waals surface area contributed by atoms with Crippen LogP contribution in [0, 0.1) is 12.8 Å². The lowest BCUT2D eigenvalue weighted by Gasteiger charge is -2.30. The van der Waals surface area contributed by atoms with Gasteiger partial charge in [-0.2, -0.15) is 13.2 Å². The molecule has 0 saturated carbocycles. The molecule has 1 fully saturated rings. The van der Waals surface area contributed by atoms with Crippen molar-refractivity contribution in [2.75, 3.05) is 23.9 Å². The fourth-order valence-electron chi connectivity index (χ4n) is 5.51. The Morgan fingerprint density at radius 2 is 1.78 bits per heavy atom. The molecule has 45 heavy (non-hydrogen) atoms. The zero-order chi connectivity index (χ0) is 32.0. The molecule has 6 rings (SSSR count). The smallest absolute Gasteiger partial charge is 0.416 e. The number of amides is 3. The molecule has 0 aliphatic carbocycles. The topological polar surface area (TPSA) is 118 Å². The van der Waals surface area contributed by atoms with Crippen LogP contribution in [0.25, 0.3) is 0 Å². The molecule has 2 unspecified atom stereocenters. The van der Waals surface area contributed by atoms with E-state index in [0.29, 0.717) is 21.2 Å². The highest BCUT2D eigenvalue weighted by atomic mass is 32.2. The number of anilines is 2. The standard InChI is InChI=1S/C31H24F3N3O6S2/c1-15-5-3-7-18(11-15)35-22(38)14-43-20-10-9-16(12-21(20)42-2)23-24-26(44-27-25(23)45-30(41)36-27)29(40)37(28(24)39)19-8-4-6-17(13-19)31(32,33)34/h3-13,23-24,26H,14H2,1-2H3,(H,35,38)(H,36,41)/t23-,24?,26?/m1/s1. The molecule has 0 spiro atoms. The number of carbonyl (C=O) groups excluding carboxylic acids is 3. The highest BCUT2D eigenvalue weighted by molar-refractivity contribution is 8.00. The van der Waals surface area contributed by atoms with Crippen molar-refractivity contribution in [3.63, 3.8) is 0 Å². The summed E-state index contributed by atoms with van der Waals surface area (Å²) in [6.45, 7) is 1.58. The van der Waals surface area contributed by atoms with Crippen LogP contribution in [0.1, 0.15) is 27.5 Å². The van der Waals surface area contributed by atoms with Crippen LogP contribution in [-0.4, -0.2) is 41.7 Å². The average Bonchev–Trinajstić information content (AvgIpc) is 3.49. The minimum Gasteiger partial charge on any atom is -0.493 e. The minimum atomic E-state index is -4.67. The Bertz CT molecular complexity index is 1890. The second-order valence-corrected chi connectivity index (χ2v) is 12.6. The minimum absolute atomic E-state index is 0.185. The van der Waals surface area contributed by atoms with Crippen LogP contribution >= 0.6 is 23.1 Å². The van der Waals surface area contributed by atoms with Gasteiger partial charge in [-0.05, 0) is 60.5 Å². The van der Waals surface area contributed by atoms with Crippen molar-refractivity contribution in [3.8, 4) is 11.5 Å². The molecule has 14 heteroatoms. The maximum atomic E-state index is 13.9. The van der Waals surface area contributed by atoms with Crippen molar-refractivity contribution in [1.29, 1.82) is 0 Å². The lowest BCUT2D eigenvalue weighted by Crippen LogP contribution is -2.32. The first-order valence-corrected chi connectivity index (χ1v) is 15.3. The zero-order valence-electron chi connectivity index (χ0n) is 23.6. The predicted octanol–water partition coefficient (Wildman–Crippen LogP) is 5.59. The van der Waals surface area contributed by atoms with Gasteiger partial charge in [0.2, 0.25) is 11.8 Å². The molecule has 3 heterocycles. The largest absolute Gasteiger partial charge is 0.493 e. The number of nitrogens with zero attached hydrogens (tertiary/aromatic N) is 1. The van der Waals surface area contributed by atoms with E-state index in [0.717, 1.165) is 51.8 Å². The molecule has 232 valence electrons.